The number of benzene rings is 2. The summed E-state index contributed by atoms with van der Waals surface area (Å²) in [4.78, 5) is 54.4. The number of rotatable bonds is 13. The van der Waals surface area contributed by atoms with Crippen LogP contribution in [0.3, 0.4) is 0 Å². The Morgan fingerprint density at radius 3 is 1.47 bits per heavy atom. The summed E-state index contributed by atoms with van der Waals surface area (Å²) in [6.07, 6.45) is 3.93. The maximum atomic E-state index is 13.2. The molecule has 2 aromatic carbocycles. The van der Waals surface area contributed by atoms with E-state index in [1.807, 2.05) is 11.8 Å². The first-order valence-electron chi connectivity index (χ1n) is 15.4. The van der Waals surface area contributed by atoms with Crippen LogP contribution in [0.25, 0.3) is 0 Å². The van der Waals surface area contributed by atoms with Crippen LogP contribution in [-0.4, -0.2) is 82.7 Å². The highest BCUT2D eigenvalue weighted by atomic mass is 16.5. The third kappa shape index (κ3) is 7.58. The molecule has 0 spiro atoms. The van der Waals surface area contributed by atoms with Crippen LogP contribution in [0.15, 0.2) is 60.7 Å². The Morgan fingerprint density at radius 2 is 1.09 bits per heavy atom. The zero-order valence-electron chi connectivity index (χ0n) is 24.9. The molecule has 2 aromatic rings. The molecule has 0 unspecified atom stereocenters. The van der Waals surface area contributed by atoms with Crippen molar-refractivity contribution in [3.05, 3.63) is 71.8 Å². The first-order valence-corrected chi connectivity index (χ1v) is 15.4. The number of aliphatic hydroxyl groups is 2. The fourth-order valence-corrected chi connectivity index (χ4v) is 6.34. The molecule has 4 atom stereocenters. The molecular formula is C34H43NO8. The van der Waals surface area contributed by atoms with Gasteiger partial charge in [-0.1, -0.05) is 93.3 Å². The van der Waals surface area contributed by atoms with Gasteiger partial charge in [-0.05, 0) is 32.2 Å². The van der Waals surface area contributed by atoms with Gasteiger partial charge in [-0.2, -0.15) is 0 Å². The summed E-state index contributed by atoms with van der Waals surface area (Å²) in [6.45, 7) is 3.39. The minimum atomic E-state index is -1.79. The molecule has 2 fully saturated rings. The number of carbonyl (C=O) groups excluding carboxylic acids is 4. The molecule has 0 aromatic heterocycles. The van der Waals surface area contributed by atoms with Gasteiger partial charge < -0.3 is 19.7 Å². The lowest BCUT2D eigenvalue weighted by atomic mass is 9.71. The highest BCUT2D eigenvalue weighted by molar-refractivity contribution is 6.05. The number of esters is 2. The van der Waals surface area contributed by atoms with Crippen molar-refractivity contribution in [3.8, 4) is 0 Å². The number of ketones is 2. The first kappa shape index (κ1) is 32.5. The summed E-state index contributed by atoms with van der Waals surface area (Å²) >= 11 is 0. The molecule has 2 saturated carbocycles. The van der Waals surface area contributed by atoms with Crippen molar-refractivity contribution < 1.29 is 38.9 Å². The van der Waals surface area contributed by atoms with Crippen LogP contribution in [0.5, 0.6) is 0 Å². The van der Waals surface area contributed by atoms with E-state index in [9.17, 15) is 29.4 Å². The average Bonchev–Trinajstić information content (AvgIpc) is 3.04. The highest BCUT2D eigenvalue weighted by Gasteiger charge is 2.51. The van der Waals surface area contributed by atoms with Crippen molar-refractivity contribution in [1.82, 2.24) is 4.90 Å². The van der Waals surface area contributed by atoms with Gasteiger partial charge in [0.15, 0.2) is 11.6 Å². The van der Waals surface area contributed by atoms with Gasteiger partial charge >= 0.3 is 11.9 Å². The molecule has 9 heteroatoms. The molecule has 0 saturated heterocycles. The molecule has 2 aliphatic rings. The Labute approximate surface area is 253 Å². The second-order valence-corrected chi connectivity index (χ2v) is 11.6. The van der Waals surface area contributed by atoms with Gasteiger partial charge in [0.1, 0.15) is 24.4 Å². The number of likely N-dealkylation sites (N-methyl/N-ethyl adjacent to an activating group) is 1. The van der Waals surface area contributed by atoms with Crippen molar-refractivity contribution in [2.24, 2.45) is 11.8 Å². The summed E-state index contributed by atoms with van der Waals surface area (Å²) in [7, 11) is 0. The molecule has 0 radical (unpaired) electrons. The Morgan fingerprint density at radius 1 is 0.698 bits per heavy atom. The van der Waals surface area contributed by atoms with E-state index in [0.29, 0.717) is 56.4 Å². The number of hydrogen-bond acceptors (Lipinski definition) is 9. The van der Waals surface area contributed by atoms with Crippen LogP contribution in [0.4, 0.5) is 0 Å². The van der Waals surface area contributed by atoms with E-state index < -0.39 is 46.5 Å². The van der Waals surface area contributed by atoms with Crippen LogP contribution in [-0.2, 0) is 19.1 Å². The Balaban J connectivity index is 1.26. The van der Waals surface area contributed by atoms with Gasteiger partial charge in [-0.3, -0.25) is 24.1 Å². The molecule has 0 aliphatic heterocycles. The second-order valence-electron chi connectivity index (χ2n) is 11.6. The van der Waals surface area contributed by atoms with Gasteiger partial charge in [0, 0.05) is 24.2 Å². The number of hydrogen-bond donors (Lipinski definition) is 2. The van der Waals surface area contributed by atoms with Gasteiger partial charge in [-0.25, -0.2) is 0 Å². The zero-order valence-corrected chi connectivity index (χ0v) is 24.9. The SMILES string of the molecule is CCN(CCOC(=O)[C@H]1CCCC[C@]1(O)C(=O)c1ccccc1)CCOC(=O)[C@H]1CCCC[C@]1(O)C(=O)c1ccccc1. The predicted molar refractivity (Wildman–Crippen MR) is 159 cm³/mol. The molecule has 43 heavy (non-hydrogen) atoms. The van der Waals surface area contributed by atoms with Crippen molar-refractivity contribution in [2.45, 2.75) is 69.5 Å². The molecule has 9 nitrogen and oxygen atoms in total. The van der Waals surface area contributed by atoms with Gasteiger partial charge in [0.2, 0.25) is 0 Å². The average molecular weight is 594 g/mol. The normalized spacial score (nSPS) is 25.6. The summed E-state index contributed by atoms with van der Waals surface area (Å²) in [5.74, 6) is -3.96. The molecule has 0 bridgehead atoms. The summed E-state index contributed by atoms with van der Waals surface area (Å²) in [6, 6.07) is 17.0. The van der Waals surface area contributed by atoms with Crippen LogP contribution in [0, 0.1) is 11.8 Å². The van der Waals surface area contributed by atoms with E-state index >= 15 is 0 Å². The summed E-state index contributed by atoms with van der Waals surface area (Å²) in [5, 5.41) is 22.7. The number of ether oxygens (including phenoxy) is 2. The van der Waals surface area contributed by atoms with Crippen molar-refractivity contribution in [2.75, 3.05) is 32.8 Å². The maximum absolute atomic E-state index is 13.2. The van der Waals surface area contributed by atoms with E-state index in [4.69, 9.17) is 9.47 Å². The van der Waals surface area contributed by atoms with E-state index in [2.05, 4.69) is 0 Å². The molecule has 2 N–H and O–H groups in total. The molecule has 0 amide bonds. The van der Waals surface area contributed by atoms with Crippen molar-refractivity contribution in [3.63, 3.8) is 0 Å². The minimum absolute atomic E-state index is 0.0562. The third-order valence-corrected chi connectivity index (χ3v) is 8.93. The Kier molecular flexibility index (Phi) is 11.2. The number of Topliss-reactive ketones (excluding diaryl/α,β-unsaturated/α-hetero) is 2. The predicted octanol–water partition coefficient (Wildman–Crippen LogP) is 4.00. The highest BCUT2D eigenvalue weighted by Crippen LogP contribution is 2.38. The van der Waals surface area contributed by atoms with Gasteiger partial charge in [-0.15, -0.1) is 0 Å². The van der Waals surface area contributed by atoms with Crippen molar-refractivity contribution >= 4 is 23.5 Å². The lowest BCUT2D eigenvalue weighted by Gasteiger charge is -2.37. The van der Waals surface area contributed by atoms with Gasteiger partial charge in [0.25, 0.3) is 0 Å². The fraction of sp³-hybridized carbons (Fsp3) is 0.529. The fourth-order valence-electron chi connectivity index (χ4n) is 6.34. The third-order valence-electron chi connectivity index (χ3n) is 8.93. The number of nitrogens with zero attached hydrogens (tertiary/aromatic N) is 1. The topological polar surface area (TPSA) is 130 Å². The van der Waals surface area contributed by atoms with E-state index in [1.54, 1.807) is 60.7 Å². The van der Waals surface area contributed by atoms with E-state index in [1.165, 1.54) is 0 Å². The van der Waals surface area contributed by atoms with Crippen LogP contribution < -0.4 is 0 Å². The molecule has 232 valence electrons. The van der Waals surface area contributed by atoms with Gasteiger partial charge in [0.05, 0.1) is 11.8 Å². The summed E-state index contributed by atoms with van der Waals surface area (Å²) < 4.78 is 11.1. The van der Waals surface area contributed by atoms with Crippen LogP contribution in [0.1, 0.15) is 79.0 Å². The van der Waals surface area contributed by atoms with Crippen LogP contribution >= 0.6 is 0 Å². The summed E-state index contributed by atoms with van der Waals surface area (Å²) in [5.41, 5.74) is -2.85. The van der Waals surface area contributed by atoms with E-state index in [-0.39, 0.29) is 26.1 Å². The molecule has 4 rings (SSSR count). The monoisotopic (exact) mass is 593 g/mol. The standard InChI is InChI=1S/C34H43NO8/c1-2-35(21-23-42-31(38)27-17-9-11-19-33(27,40)29(36)25-13-5-3-6-14-25)22-24-43-32(39)28-18-10-12-20-34(28,41)30(37)26-15-7-4-8-16-26/h3-8,13-16,27-28,40-41H,2,9-12,17-24H2,1H3/t27-,28-,33-,34-/m1/s1. The molecular weight excluding hydrogens is 550 g/mol. The Bertz CT molecular complexity index is 1160. The van der Waals surface area contributed by atoms with Crippen LogP contribution in [0.2, 0.25) is 0 Å². The Hall–Kier alpha value is -3.40. The molecule has 0 heterocycles. The minimum Gasteiger partial charge on any atom is -0.464 e. The number of carbonyl (C=O) groups is 4. The quantitative estimate of drug-likeness (QED) is 0.261. The molecule has 2 aliphatic carbocycles. The lowest BCUT2D eigenvalue weighted by molar-refractivity contribution is -0.159. The largest absolute Gasteiger partial charge is 0.464 e. The lowest BCUT2D eigenvalue weighted by Crippen LogP contribution is -2.52. The maximum Gasteiger partial charge on any atom is 0.312 e. The van der Waals surface area contributed by atoms with E-state index in [0.717, 1.165) is 12.8 Å². The second kappa shape index (κ2) is 14.9. The zero-order chi connectivity index (χ0) is 30.9. The smallest absolute Gasteiger partial charge is 0.312 e. The first-order chi connectivity index (χ1) is 20.7. The van der Waals surface area contributed by atoms with Crippen molar-refractivity contribution in [1.29, 1.82) is 0 Å².